The maximum absolute atomic E-state index is 12.0. The van der Waals surface area contributed by atoms with Crippen molar-refractivity contribution in [1.82, 2.24) is 0 Å². The molecular weight excluding hydrogens is 302 g/mol. The Morgan fingerprint density at radius 2 is 2.25 bits per heavy atom. The van der Waals surface area contributed by atoms with E-state index in [0.29, 0.717) is 16.5 Å². The third kappa shape index (κ3) is 5.20. The SMILES string of the molecule is COc1ccc(Cl)cc1NC(=O)C(C)SCC(O)CO. The lowest BCUT2D eigenvalue weighted by molar-refractivity contribution is -0.115. The first kappa shape index (κ1) is 17.1. The first-order valence-corrected chi connectivity index (χ1v) is 7.45. The highest BCUT2D eigenvalue weighted by Crippen LogP contribution is 2.28. The third-order valence-electron chi connectivity index (χ3n) is 2.54. The topological polar surface area (TPSA) is 78.8 Å². The summed E-state index contributed by atoms with van der Waals surface area (Å²) >= 11 is 7.14. The van der Waals surface area contributed by atoms with E-state index in [-0.39, 0.29) is 23.5 Å². The maximum atomic E-state index is 12.0. The average Bonchev–Trinajstić information content (AvgIpc) is 2.44. The largest absolute Gasteiger partial charge is 0.495 e. The lowest BCUT2D eigenvalue weighted by Gasteiger charge is -2.15. The molecule has 0 aliphatic carbocycles. The molecule has 112 valence electrons. The normalized spacial score (nSPS) is 13.7. The first-order valence-electron chi connectivity index (χ1n) is 6.02. The molecule has 1 aromatic carbocycles. The van der Waals surface area contributed by atoms with Crippen LogP contribution in [0, 0.1) is 0 Å². The average molecular weight is 320 g/mol. The van der Waals surface area contributed by atoms with Gasteiger partial charge in [-0.1, -0.05) is 11.6 Å². The number of nitrogens with one attached hydrogen (secondary N) is 1. The molecule has 0 aliphatic heterocycles. The predicted octanol–water partition coefficient (Wildman–Crippen LogP) is 1.76. The Morgan fingerprint density at radius 3 is 2.85 bits per heavy atom. The van der Waals surface area contributed by atoms with Gasteiger partial charge in [0.2, 0.25) is 5.91 Å². The van der Waals surface area contributed by atoms with Crippen LogP contribution in [-0.4, -0.2) is 46.9 Å². The van der Waals surface area contributed by atoms with E-state index in [9.17, 15) is 9.90 Å². The number of carbonyl (C=O) groups excluding carboxylic acids is 1. The number of benzene rings is 1. The van der Waals surface area contributed by atoms with Crippen LogP contribution in [0.1, 0.15) is 6.92 Å². The summed E-state index contributed by atoms with van der Waals surface area (Å²) in [6, 6.07) is 4.95. The Hall–Kier alpha value is -0.950. The molecule has 2 unspecified atom stereocenters. The molecule has 0 saturated carbocycles. The fraction of sp³-hybridized carbons (Fsp3) is 0.462. The number of ether oxygens (including phenoxy) is 1. The van der Waals surface area contributed by atoms with Crippen LogP contribution in [0.4, 0.5) is 5.69 Å². The van der Waals surface area contributed by atoms with E-state index < -0.39 is 6.10 Å². The molecule has 0 radical (unpaired) electrons. The van der Waals surface area contributed by atoms with Gasteiger partial charge in [-0.25, -0.2) is 0 Å². The fourth-order valence-electron chi connectivity index (χ4n) is 1.40. The van der Waals surface area contributed by atoms with Crippen LogP contribution in [0.25, 0.3) is 0 Å². The number of anilines is 1. The molecule has 0 saturated heterocycles. The second-order valence-electron chi connectivity index (χ2n) is 4.15. The highest BCUT2D eigenvalue weighted by Gasteiger charge is 2.17. The number of rotatable bonds is 7. The molecule has 0 bridgehead atoms. The van der Waals surface area contributed by atoms with Crippen molar-refractivity contribution in [1.29, 1.82) is 0 Å². The molecule has 1 aromatic rings. The molecule has 1 amide bonds. The summed E-state index contributed by atoms with van der Waals surface area (Å²) in [4.78, 5) is 12.0. The number of halogens is 1. The number of hydrogen-bond donors (Lipinski definition) is 3. The monoisotopic (exact) mass is 319 g/mol. The maximum Gasteiger partial charge on any atom is 0.237 e. The van der Waals surface area contributed by atoms with Crippen LogP contribution in [0.2, 0.25) is 5.02 Å². The second-order valence-corrected chi connectivity index (χ2v) is 5.96. The van der Waals surface area contributed by atoms with E-state index in [1.165, 1.54) is 18.9 Å². The van der Waals surface area contributed by atoms with Gasteiger partial charge < -0.3 is 20.3 Å². The second kappa shape index (κ2) is 8.36. The summed E-state index contributed by atoms with van der Waals surface area (Å²) in [6.45, 7) is 1.41. The fourth-order valence-corrected chi connectivity index (χ4v) is 2.39. The van der Waals surface area contributed by atoms with E-state index in [1.807, 2.05) is 0 Å². The molecule has 0 aliphatic rings. The van der Waals surface area contributed by atoms with Crippen LogP contribution >= 0.6 is 23.4 Å². The highest BCUT2D eigenvalue weighted by molar-refractivity contribution is 8.00. The molecule has 0 aromatic heterocycles. The van der Waals surface area contributed by atoms with Crippen molar-refractivity contribution in [2.24, 2.45) is 0 Å². The summed E-state index contributed by atoms with van der Waals surface area (Å²) in [6.07, 6.45) is -0.823. The summed E-state index contributed by atoms with van der Waals surface area (Å²) in [5.74, 6) is 0.591. The molecule has 0 fully saturated rings. The van der Waals surface area contributed by atoms with Gasteiger partial charge in [0, 0.05) is 10.8 Å². The number of carbonyl (C=O) groups is 1. The van der Waals surface area contributed by atoms with Crippen molar-refractivity contribution in [2.75, 3.05) is 24.8 Å². The smallest absolute Gasteiger partial charge is 0.237 e. The number of aliphatic hydroxyl groups excluding tert-OH is 2. The Morgan fingerprint density at radius 1 is 1.55 bits per heavy atom. The van der Waals surface area contributed by atoms with E-state index in [1.54, 1.807) is 25.1 Å². The third-order valence-corrected chi connectivity index (χ3v) is 4.06. The van der Waals surface area contributed by atoms with E-state index in [4.69, 9.17) is 21.4 Å². The first-order chi connectivity index (χ1) is 9.47. The quantitative estimate of drug-likeness (QED) is 0.714. The molecular formula is C13H18ClNO4S. The van der Waals surface area contributed by atoms with Crippen molar-refractivity contribution < 1.29 is 19.7 Å². The lowest BCUT2D eigenvalue weighted by Crippen LogP contribution is -2.25. The van der Waals surface area contributed by atoms with Gasteiger partial charge in [0.1, 0.15) is 5.75 Å². The van der Waals surface area contributed by atoms with Crippen LogP contribution in [-0.2, 0) is 4.79 Å². The minimum atomic E-state index is -0.823. The molecule has 7 heteroatoms. The van der Waals surface area contributed by atoms with Gasteiger partial charge in [0.05, 0.1) is 30.8 Å². The van der Waals surface area contributed by atoms with Gasteiger partial charge in [-0.3, -0.25) is 4.79 Å². The van der Waals surface area contributed by atoms with Crippen molar-refractivity contribution in [3.63, 3.8) is 0 Å². The zero-order valence-corrected chi connectivity index (χ0v) is 12.9. The van der Waals surface area contributed by atoms with E-state index in [2.05, 4.69) is 5.32 Å². The molecule has 20 heavy (non-hydrogen) atoms. The molecule has 3 N–H and O–H groups in total. The van der Waals surface area contributed by atoms with E-state index in [0.717, 1.165) is 0 Å². The van der Waals surface area contributed by atoms with Crippen LogP contribution in [0.5, 0.6) is 5.75 Å². The minimum absolute atomic E-state index is 0.222. The van der Waals surface area contributed by atoms with Crippen molar-refractivity contribution in [2.45, 2.75) is 18.3 Å². The lowest BCUT2D eigenvalue weighted by atomic mass is 10.3. The zero-order valence-electron chi connectivity index (χ0n) is 11.3. The van der Waals surface area contributed by atoms with Gasteiger partial charge in [-0.2, -0.15) is 0 Å². The Kier molecular flexibility index (Phi) is 7.15. The number of methoxy groups -OCH3 is 1. The van der Waals surface area contributed by atoms with Gasteiger partial charge in [-0.05, 0) is 25.1 Å². The van der Waals surface area contributed by atoms with Crippen molar-refractivity contribution in [3.05, 3.63) is 23.2 Å². The molecule has 2 atom stereocenters. The Bertz CT molecular complexity index is 458. The van der Waals surface area contributed by atoms with Gasteiger partial charge in [-0.15, -0.1) is 11.8 Å². The summed E-state index contributed by atoms with van der Waals surface area (Å²) in [7, 11) is 1.51. The van der Waals surface area contributed by atoms with Crippen LogP contribution < -0.4 is 10.1 Å². The summed E-state index contributed by atoms with van der Waals surface area (Å²) in [5, 5.41) is 20.8. The van der Waals surface area contributed by atoms with Crippen molar-refractivity contribution in [3.8, 4) is 5.75 Å². The van der Waals surface area contributed by atoms with Gasteiger partial charge in [0.25, 0.3) is 0 Å². The number of amides is 1. The van der Waals surface area contributed by atoms with E-state index >= 15 is 0 Å². The molecule has 0 heterocycles. The van der Waals surface area contributed by atoms with Gasteiger partial charge >= 0.3 is 0 Å². The minimum Gasteiger partial charge on any atom is -0.495 e. The van der Waals surface area contributed by atoms with Crippen LogP contribution in [0.3, 0.4) is 0 Å². The predicted molar refractivity (Wildman–Crippen MR) is 81.6 cm³/mol. The Balaban J connectivity index is 2.63. The van der Waals surface area contributed by atoms with Gasteiger partial charge in [0.15, 0.2) is 0 Å². The van der Waals surface area contributed by atoms with Crippen molar-refractivity contribution >= 4 is 35.0 Å². The number of hydrogen-bond acceptors (Lipinski definition) is 5. The molecule has 0 spiro atoms. The Labute approximate surface area is 127 Å². The zero-order chi connectivity index (χ0) is 15.1. The van der Waals surface area contributed by atoms with Crippen LogP contribution in [0.15, 0.2) is 18.2 Å². The molecule has 5 nitrogen and oxygen atoms in total. The standard InChI is InChI=1S/C13H18ClNO4S/c1-8(20-7-10(17)6-16)13(18)15-11-5-9(14)3-4-12(11)19-2/h3-5,8,10,16-17H,6-7H2,1-2H3,(H,15,18). The highest BCUT2D eigenvalue weighted by atomic mass is 35.5. The molecule has 1 rings (SSSR count). The summed E-state index contributed by atoms with van der Waals surface area (Å²) in [5.41, 5.74) is 0.500. The summed E-state index contributed by atoms with van der Waals surface area (Å²) < 4.78 is 5.14. The number of aliphatic hydroxyl groups is 2. The number of thioether (sulfide) groups is 1.